The molecule has 1 aromatic rings. The van der Waals surface area contributed by atoms with Crippen molar-refractivity contribution in [1.29, 1.82) is 0 Å². The number of hydrogen-bond donors (Lipinski definition) is 1. The molecule has 1 saturated heterocycles. The molecule has 4 nitrogen and oxygen atoms in total. The van der Waals surface area contributed by atoms with E-state index in [1.807, 2.05) is 18.7 Å². The van der Waals surface area contributed by atoms with Gasteiger partial charge in [0.05, 0.1) is 16.4 Å². The third-order valence-electron chi connectivity index (χ3n) is 4.49. The van der Waals surface area contributed by atoms with Crippen molar-refractivity contribution >= 4 is 11.6 Å². The molecule has 2 unspecified atom stereocenters. The van der Waals surface area contributed by atoms with Crippen LogP contribution in [0.2, 0.25) is 5.02 Å². The first-order chi connectivity index (χ1) is 10.1. The molecule has 120 valence electrons. The molecule has 0 aliphatic carbocycles. The minimum absolute atomic E-state index is 0.606. The Morgan fingerprint density at radius 1 is 1.29 bits per heavy atom. The first-order valence-electron chi connectivity index (χ1n) is 8.22. The van der Waals surface area contributed by atoms with Crippen LogP contribution in [0.25, 0.3) is 0 Å². The van der Waals surface area contributed by atoms with Crippen molar-refractivity contribution < 1.29 is 0 Å². The van der Waals surface area contributed by atoms with Crippen LogP contribution in [-0.2, 0) is 13.6 Å². The van der Waals surface area contributed by atoms with E-state index in [0.717, 1.165) is 36.0 Å². The van der Waals surface area contributed by atoms with Crippen molar-refractivity contribution in [3.8, 4) is 0 Å². The average molecular weight is 313 g/mol. The van der Waals surface area contributed by atoms with Gasteiger partial charge in [0.1, 0.15) is 0 Å². The fourth-order valence-corrected chi connectivity index (χ4v) is 3.55. The van der Waals surface area contributed by atoms with Crippen molar-refractivity contribution in [3.05, 3.63) is 16.4 Å². The van der Waals surface area contributed by atoms with Crippen LogP contribution in [0.1, 0.15) is 50.9 Å². The maximum absolute atomic E-state index is 6.43. The quantitative estimate of drug-likeness (QED) is 0.876. The van der Waals surface area contributed by atoms with Crippen LogP contribution in [0.15, 0.2) is 0 Å². The zero-order valence-corrected chi connectivity index (χ0v) is 14.6. The molecular weight excluding hydrogens is 284 g/mol. The van der Waals surface area contributed by atoms with Crippen molar-refractivity contribution in [3.63, 3.8) is 0 Å². The van der Waals surface area contributed by atoms with Gasteiger partial charge in [-0.1, -0.05) is 38.3 Å². The summed E-state index contributed by atoms with van der Waals surface area (Å²) >= 11 is 6.43. The molecule has 0 radical (unpaired) electrons. The van der Waals surface area contributed by atoms with Gasteiger partial charge in [-0.3, -0.25) is 9.58 Å². The Morgan fingerprint density at radius 2 is 2.00 bits per heavy atom. The lowest BCUT2D eigenvalue weighted by molar-refractivity contribution is 0.109. The standard InChI is InChI=1S/C16H29ClN4/c1-5-7-13-10-21(14(8-6-2)9-18-13)11-15-16(17)12(3)19-20(15)4/h13-14,18H,5-11H2,1-4H3. The number of piperazine rings is 1. The Labute approximate surface area is 133 Å². The van der Waals surface area contributed by atoms with Crippen LogP contribution < -0.4 is 5.32 Å². The van der Waals surface area contributed by atoms with Crippen LogP contribution >= 0.6 is 11.6 Å². The van der Waals surface area contributed by atoms with Gasteiger partial charge in [0.15, 0.2) is 0 Å². The third kappa shape index (κ3) is 3.99. The monoisotopic (exact) mass is 312 g/mol. The number of nitrogens with zero attached hydrogens (tertiary/aromatic N) is 3. The Kier molecular flexibility index (Phi) is 6.08. The van der Waals surface area contributed by atoms with Gasteiger partial charge in [-0.05, 0) is 19.8 Å². The van der Waals surface area contributed by atoms with Gasteiger partial charge in [-0.2, -0.15) is 5.10 Å². The summed E-state index contributed by atoms with van der Waals surface area (Å²) < 4.78 is 1.94. The van der Waals surface area contributed by atoms with Crippen LogP contribution in [-0.4, -0.2) is 39.9 Å². The molecule has 0 bridgehead atoms. The highest BCUT2D eigenvalue weighted by atomic mass is 35.5. The Hall–Kier alpha value is -0.580. The number of aromatic nitrogens is 2. The zero-order chi connectivity index (χ0) is 15.4. The summed E-state index contributed by atoms with van der Waals surface area (Å²) in [5.41, 5.74) is 2.08. The largest absolute Gasteiger partial charge is 0.311 e. The molecule has 2 atom stereocenters. The maximum Gasteiger partial charge on any atom is 0.0860 e. The van der Waals surface area contributed by atoms with Gasteiger partial charge < -0.3 is 5.32 Å². The van der Waals surface area contributed by atoms with Crippen molar-refractivity contribution in [2.45, 2.75) is 65.1 Å². The molecule has 2 rings (SSSR count). The highest BCUT2D eigenvalue weighted by Gasteiger charge is 2.28. The van der Waals surface area contributed by atoms with E-state index >= 15 is 0 Å². The molecule has 0 aromatic carbocycles. The van der Waals surface area contributed by atoms with Crippen LogP contribution in [0.3, 0.4) is 0 Å². The molecular formula is C16H29ClN4. The predicted molar refractivity (Wildman–Crippen MR) is 88.8 cm³/mol. The van der Waals surface area contributed by atoms with Gasteiger partial charge in [0.2, 0.25) is 0 Å². The normalized spacial score (nSPS) is 23.7. The molecule has 5 heteroatoms. The lowest BCUT2D eigenvalue weighted by Gasteiger charge is -2.40. The number of rotatable bonds is 6. The molecule has 1 aliphatic heterocycles. The van der Waals surface area contributed by atoms with E-state index in [1.165, 1.54) is 25.7 Å². The third-order valence-corrected chi connectivity index (χ3v) is 4.98. The predicted octanol–water partition coefficient (Wildman–Crippen LogP) is 3.12. The van der Waals surface area contributed by atoms with Crippen LogP contribution in [0.5, 0.6) is 0 Å². The van der Waals surface area contributed by atoms with E-state index in [9.17, 15) is 0 Å². The molecule has 0 spiro atoms. The first-order valence-corrected chi connectivity index (χ1v) is 8.60. The van der Waals surface area contributed by atoms with Gasteiger partial charge in [-0.25, -0.2) is 0 Å². The maximum atomic E-state index is 6.43. The minimum atomic E-state index is 0.606. The highest BCUT2D eigenvalue weighted by Crippen LogP contribution is 2.24. The fourth-order valence-electron chi connectivity index (χ4n) is 3.33. The molecule has 2 heterocycles. The van der Waals surface area contributed by atoms with Gasteiger partial charge >= 0.3 is 0 Å². The Morgan fingerprint density at radius 3 is 2.57 bits per heavy atom. The topological polar surface area (TPSA) is 33.1 Å². The van der Waals surface area contributed by atoms with E-state index in [4.69, 9.17) is 11.6 Å². The molecule has 0 amide bonds. The second-order valence-electron chi connectivity index (χ2n) is 6.24. The Bertz CT molecular complexity index is 457. The lowest BCUT2D eigenvalue weighted by Crippen LogP contribution is -2.56. The molecule has 1 aliphatic rings. The summed E-state index contributed by atoms with van der Waals surface area (Å²) in [4.78, 5) is 2.60. The average Bonchev–Trinajstić information content (AvgIpc) is 2.69. The number of hydrogen-bond acceptors (Lipinski definition) is 3. The Balaban J connectivity index is 2.11. The van der Waals surface area contributed by atoms with Crippen LogP contribution in [0, 0.1) is 6.92 Å². The van der Waals surface area contributed by atoms with Crippen molar-refractivity contribution in [2.75, 3.05) is 13.1 Å². The van der Waals surface area contributed by atoms with E-state index in [-0.39, 0.29) is 0 Å². The number of nitrogens with one attached hydrogen (secondary N) is 1. The molecule has 1 fully saturated rings. The summed E-state index contributed by atoms with van der Waals surface area (Å²) in [6.45, 7) is 9.60. The van der Waals surface area contributed by atoms with E-state index < -0.39 is 0 Å². The molecule has 1 N–H and O–H groups in total. The number of aryl methyl sites for hydroxylation is 2. The highest BCUT2D eigenvalue weighted by molar-refractivity contribution is 6.31. The zero-order valence-electron chi connectivity index (χ0n) is 13.8. The lowest BCUT2D eigenvalue weighted by atomic mass is 10.0. The smallest absolute Gasteiger partial charge is 0.0860 e. The van der Waals surface area contributed by atoms with Crippen molar-refractivity contribution in [2.24, 2.45) is 7.05 Å². The minimum Gasteiger partial charge on any atom is -0.311 e. The molecule has 1 aromatic heterocycles. The summed E-state index contributed by atoms with van der Waals surface area (Å²) in [6.07, 6.45) is 4.93. The second-order valence-corrected chi connectivity index (χ2v) is 6.61. The summed E-state index contributed by atoms with van der Waals surface area (Å²) in [7, 11) is 1.99. The van der Waals surface area contributed by atoms with E-state index in [0.29, 0.717) is 12.1 Å². The summed E-state index contributed by atoms with van der Waals surface area (Å²) in [5.74, 6) is 0. The molecule has 0 saturated carbocycles. The van der Waals surface area contributed by atoms with Crippen molar-refractivity contribution in [1.82, 2.24) is 20.0 Å². The van der Waals surface area contributed by atoms with Gasteiger partial charge in [-0.15, -0.1) is 0 Å². The SMILES string of the molecule is CCCC1CN(Cc2c(Cl)c(C)nn2C)C(CCC)CN1. The summed E-state index contributed by atoms with van der Waals surface area (Å²) in [6, 6.07) is 1.21. The van der Waals surface area contributed by atoms with Gasteiger partial charge in [0.25, 0.3) is 0 Å². The summed E-state index contributed by atoms with van der Waals surface area (Å²) in [5, 5.41) is 8.98. The fraction of sp³-hybridized carbons (Fsp3) is 0.812. The van der Waals surface area contributed by atoms with Crippen LogP contribution in [0.4, 0.5) is 0 Å². The van der Waals surface area contributed by atoms with E-state index in [2.05, 4.69) is 29.2 Å². The first kappa shape index (κ1) is 16.8. The molecule has 21 heavy (non-hydrogen) atoms. The second kappa shape index (κ2) is 7.61. The number of halogens is 1. The van der Waals surface area contributed by atoms with Gasteiger partial charge in [0, 0.05) is 38.8 Å². The van der Waals surface area contributed by atoms with E-state index in [1.54, 1.807) is 0 Å².